The Morgan fingerprint density at radius 1 is 1.24 bits per heavy atom. The Bertz CT molecular complexity index is 921. The highest BCUT2D eigenvalue weighted by atomic mass is 35.5. The molecule has 0 saturated heterocycles. The Kier molecular flexibility index (Phi) is 17.3. The van der Waals surface area contributed by atoms with Crippen molar-refractivity contribution in [1.29, 1.82) is 0 Å². The normalized spacial score (nSPS) is 14.4. The van der Waals surface area contributed by atoms with E-state index >= 15 is 0 Å². The molecule has 4 nitrogen and oxygen atoms in total. The number of H-pyrrole nitrogens is 1. The maximum absolute atomic E-state index is 13.7. The number of allylic oxidation sites excluding steroid dienone is 10. The summed E-state index contributed by atoms with van der Waals surface area (Å²) < 4.78 is 19.1. The summed E-state index contributed by atoms with van der Waals surface area (Å²) in [6, 6.07) is 2.05. The molecule has 1 rings (SSSR count). The number of aromatic amines is 1. The largest absolute Gasteiger partial charge is 0.457 e. The first kappa shape index (κ1) is 31.3. The van der Waals surface area contributed by atoms with Gasteiger partial charge in [0.25, 0.3) is 0 Å². The summed E-state index contributed by atoms with van der Waals surface area (Å²) in [5.41, 5.74) is 3.83. The Balaban J connectivity index is 0.000000657. The number of carbonyl (C=O) groups excluding carboxylic acids is 1. The van der Waals surface area contributed by atoms with Crippen LogP contribution in [0.4, 0.5) is 4.39 Å². The third-order valence-corrected chi connectivity index (χ3v) is 4.99. The molecule has 0 aliphatic rings. The van der Waals surface area contributed by atoms with Gasteiger partial charge >= 0.3 is 5.97 Å². The fourth-order valence-electron chi connectivity index (χ4n) is 2.79. The minimum Gasteiger partial charge on any atom is -0.457 e. The van der Waals surface area contributed by atoms with Crippen LogP contribution in [0.1, 0.15) is 78.6 Å². The molecule has 0 aliphatic carbocycles. The molecule has 0 spiro atoms. The number of aryl methyl sites for hydroxylation is 1. The highest BCUT2D eigenvalue weighted by molar-refractivity contribution is 6.31. The monoisotopic (exact) mass is 490 g/mol. The molecule has 0 bridgehead atoms. The van der Waals surface area contributed by atoms with Crippen molar-refractivity contribution in [1.82, 2.24) is 10.2 Å². The topological polar surface area (TPSA) is 55.0 Å². The predicted octanol–water partition coefficient (Wildman–Crippen LogP) is 8.69. The maximum Gasteiger partial charge on any atom is 0.306 e. The number of nitrogens with one attached hydrogen (secondary N) is 1. The van der Waals surface area contributed by atoms with Gasteiger partial charge in [0, 0.05) is 17.7 Å². The molecule has 0 fully saturated rings. The summed E-state index contributed by atoms with van der Waals surface area (Å²) in [7, 11) is 0. The van der Waals surface area contributed by atoms with Crippen molar-refractivity contribution < 1.29 is 13.9 Å². The molecule has 1 heterocycles. The molecule has 1 N–H and O–H groups in total. The fourth-order valence-corrected chi connectivity index (χ4v) is 2.85. The van der Waals surface area contributed by atoms with E-state index in [1.54, 1.807) is 26.8 Å². The maximum atomic E-state index is 13.7. The summed E-state index contributed by atoms with van der Waals surface area (Å²) in [6.45, 7) is 13.3. The van der Waals surface area contributed by atoms with Crippen molar-refractivity contribution in [2.24, 2.45) is 0 Å². The van der Waals surface area contributed by atoms with Crippen LogP contribution < -0.4 is 0 Å². The van der Waals surface area contributed by atoms with E-state index in [2.05, 4.69) is 41.4 Å². The van der Waals surface area contributed by atoms with Gasteiger partial charge in [-0.25, -0.2) is 4.39 Å². The van der Waals surface area contributed by atoms with Gasteiger partial charge in [-0.15, -0.1) is 0 Å². The van der Waals surface area contributed by atoms with Crippen molar-refractivity contribution in [3.63, 3.8) is 0 Å². The van der Waals surface area contributed by atoms with Gasteiger partial charge < -0.3 is 4.74 Å². The Hall–Kier alpha value is -2.66. The molecule has 1 unspecified atom stereocenters. The SMILES string of the molecule is C\C=C(Cl)/C(F)=C\C(=C/C)C(CCC)OC(=O)CC.C\C=C/C(=C\C=C\CC)c1cc(C)[nH]n1. The minimum atomic E-state index is -0.522. The van der Waals surface area contributed by atoms with E-state index in [0.29, 0.717) is 18.4 Å². The third kappa shape index (κ3) is 12.5. The molecule has 34 heavy (non-hydrogen) atoms. The Morgan fingerprint density at radius 2 is 1.94 bits per heavy atom. The molecule has 6 heteroatoms. The zero-order valence-electron chi connectivity index (χ0n) is 21.6. The van der Waals surface area contributed by atoms with Crippen LogP contribution >= 0.6 is 11.6 Å². The second kappa shape index (κ2) is 18.7. The van der Waals surface area contributed by atoms with Gasteiger partial charge in [-0.2, -0.15) is 5.10 Å². The Morgan fingerprint density at radius 3 is 2.41 bits per heavy atom. The van der Waals surface area contributed by atoms with Crippen molar-refractivity contribution in [2.75, 3.05) is 0 Å². The van der Waals surface area contributed by atoms with E-state index < -0.39 is 11.9 Å². The second-order valence-corrected chi connectivity index (χ2v) is 7.84. The Labute approximate surface area is 210 Å². The van der Waals surface area contributed by atoms with Crippen molar-refractivity contribution in [2.45, 2.75) is 80.3 Å². The number of hydrogen-bond acceptors (Lipinski definition) is 3. The van der Waals surface area contributed by atoms with Crippen molar-refractivity contribution in [3.8, 4) is 0 Å². The van der Waals surface area contributed by atoms with E-state index in [4.69, 9.17) is 16.3 Å². The van der Waals surface area contributed by atoms with E-state index in [1.165, 1.54) is 12.2 Å². The zero-order valence-corrected chi connectivity index (χ0v) is 22.4. The molecular formula is C28H40ClFN2O2. The van der Waals surface area contributed by atoms with Gasteiger partial charge in [0.2, 0.25) is 0 Å². The molecule has 1 aromatic heterocycles. The van der Waals surface area contributed by atoms with Crippen LogP contribution in [0.3, 0.4) is 0 Å². The molecular weight excluding hydrogens is 451 g/mol. The average Bonchev–Trinajstić information content (AvgIpc) is 3.27. The number of rotatable bonds is 11. The highest BCUT2D eigenvalue weighted by Crippen LogP contribution is 2.22. The number of hydrogen-bond donors (Lipinski definition) is 1. The van der Waals surface area contributed by atoms with Crippen LogP contribution in [0, 0.1) is 6.92 Å². The quantitative estimate of drug-likeness (QED) is 0.249. The predicted molar refractivity (Wildman–Crippen MR) is 143 cm³/mol. The molecule has 1 atom stereocenters. The number of ether oxygens (including phenoxy) is 1. The first-order valence-electron chi connectivity index (χ1n) is 11.8. The fraction of sp³-hybridized carbons (Fsp3) is 0.429. The van der Waals surface area contributed by atoms with Gasteiger partial charge in [-0.3, -0.25) is 9.89 Å². The highest BCUT2D eigenvalue weighted by Gasteiger charge is 2.17. The number of carbonyl (C=O) groups is 1. The summed E-state index contributed by atoms with van der Waals surface area (Å²) in [5, 5.41) is 7.24. The van der Waals surface area contributed by atoms with Crippen LogP contribution in [0.5, 0.6) is 0 Å². The number of nitrogens with zero attached hydrogens (tertiary/aromatic N) is 1. The van der Waals surface area contributed by atoms with Crippen LogP contribution in [0.25, 0.3) is 5.57 Å². The molecule has 1 aromatic rings. The summed E-state index contributed by atoms with van der Waals surface area (Å²) in [6.07, 6.45) is 17.3. The van der Waals surface area contributed by atoms with Crippen molar-refractivity contribution >= 4 is 23.1 Å². The lowest BCUT2D eigenvalue weighted by Crippen LogP contribution is -2.19. The number of aromatic nitrogens is 2. The average molecular weight is 491 g/mol. The van der Waals surface area contributed by atoms with E-state index in [0.717, 1.165) is 29.8 Å². The summed E-state index contributed by atoms with van der Waals surface area (Å²) in [4.78, 5) is 11.4. The van der Waals surface area contributed by atoms with Crippen molar-refractivity contribution in [3.05, 3.63) is 82.5 Å². The lowest BCUT2D eigenvalue weighted by Gasteiger charge is -2.18. The van der Waals surface area contributed by atoms with Crippen LogP contribution in [-0.2, 0) is 9.53 Å². The van der Waals surface area contributed by atoms with Gasteiger partial charge in [0.15, 0.2) is 0 Å². The van der Waals surface area contributed by atoms with Gasteiger partial charge in [-0.1, -0.05) is 81.3 Å². The standard InChI is InChI=1S/C15H22ClFO2.C13H18N2/c1-5-9-14(19-15(18)8-4)11(6-2)10-13(17)12(16)7-3;1-4-6-7-9-12(8-5-2)13-10-11(3)14-15-13/h6-7,10,14H,5,8-9H2,1-4H3;5-10H,4H2,1-3H3,(H,14,15)/b11-6+,12-7+,13-10+;7-6+,8-5-,12-9+. The first-order chi connectivity index (χ1) is 16.3. The van der Waals surface area contributed by atoms with Gasteiger partial charge in [-0.05, 0) is 58.3 Å². The lowest BCUT2D eigenvalue weighted by molar-refractivity contribution is -0.147. The van der Waals surface area contributed by atoms with E-state index in [9.17, 15) is 9.18 Å². The van der Waals surface area contributed by atoms with Gasteiger partial charge in [0.05, 0.1) is 10.7 Å². The number of halogens is 2. The molecule has 0 aliphatic heterocycles. The second-order valence-electron chi connectivity index (χ2n) is 7.43. The first-order valence-corrected chi connectivity index (χ1v) is 12.2. The molecule has 0 saturated carbocycles. The van der Waals surface area contributed by atoms with Gasteiger partial charge in [0.1, 0.15) is 11.9 Å². The van der Waals surface area contributed by atoms with Crippen LogP contribution in [-0.4, -0.2) is 22.3 Å². The molecule has 0 aromatic carbocycles. The third-order valence-electron chi connectivity index (χ3n) is 4.59. The summed E-state index contributed by atoms with van der Waals surface area (Å²) in [5.74, 6) is -0.811. The number of esters is 1. The molecule has 0 radical (unpaired) electrons. The molecule has 188 valence electrons. The van der Waals surface area contributed by atoms with Crippen LogP contribution in [0.2, 0.25) is 0 Å². The zero-order chi connectivity index (χ0) is 25.9. The summed E-state index contributed by atoms with van der Waals surface area (Å²) >= 11 is 5.71. The van der Waals surface area contributed by atoms with Crippen LogP contribution in [0.15, 0.2) is 71.1 Å². The smallest absolute Gasteiger partial charge is 0.306 e. The van der Waals surface area contributed by atoms with E-state index in [-0.39, 0.29) is 11.0 Å². The molecule has 0 amide bonds. The lowest BCUT2D eigenvalue weighted by atomic mass is 10.0. The van der Waals surface area contributed by atoms with E-state index in [1.807, 2.05) is 32.9 Å². The minimum absolute atomic E-state index is 0.0522.